The molecule has 18 heteroatoms. The fraction of sp³-hybridized carbons (Fsp3) is 0.176. The summed E-state index contributed by atoms with van der Waals surface area (Å²) in [6, 6.07) is 13.6. The molecule has 1 aliphatic heterocycles. The highest BCUT2D eigenvalue weighted by Gasteiger charge is 2.44. The number of benzene rings is 3. The van der Waals surface area contributed by atoms with E-state index in [2.05, 4.69) is 30.4 Å². The van der Waals surface area contributed by atoms with Crippen LogP contribution in [0.4, 0.5) is 49.3 Å². The number of hydrogen-bond acceptors (Lipinski definition) is 10. The first-order chi connectivity index (χ1) is 24.9. The Morgan fingerprint density at radius 2 is 1.81 bits per heavy atom. The molecule has 0 saturated carbocycles. The maximum absolute atomic E-state index is 15.2. The van der Waals surface area contributed by atoms with Gasteiger partial charge in [0.1, 0.15) is 23.1 Å². The number of aromatic nitrogens is 3. The summed E-state index contributed by atoms with van der Waals surface area (Å²) >= 11 is 0.745. The second-order valence-electron chi connectivity index (χ2n) is 11.1. The van der Waals surface area contributed by atoms with Gasteiger partial charge in [0.25, 0.3) is 5.91 Å². The lowest BCUT2D eigenvalue weighted by Crippen LogP contribution is -2.43. The number of nitrogens with one attached hydrogen (secondary N) is 2. The first kappa shape index (κ1) is 35.6. The summed E-state index contributed by atoms with van der Waals surface area (Å²) < 4.78 is 75.3. The molecule has 0 aliphatic carbocycles. The molecule has 0 bridgehead atoms. The number of alkyl halides is 3. The van der Waals surface area contributed by atoms with Crippen molar-refractivity contribution < 1.29 is 45.9 Å². The van der Waals surface area contributed by atoms with Gasteiger partial charge in [-0.05, 0) is 54.8 Å². The Morgan fingerprint density at radius 3 is 2.50 bits per heavy atom. The maximum Gasteiger partial charge on any atom is 0.493 e. The molecule has 1 aliphatic rings. The predicted octanol–water partition coefficient (Wildman–Crippen LogP) is 6.88. The maximum atomic E-state index is 15.2. The Kier molecular flexibility index (Phi) is 10.0. The number of urea groups is 1. The van der Waals surface area contributed by atoms with Gasteiger partial charge in [-0.15, -0.1) is 16.4 Å². The van der Waals surface area contributed by atoms with Gasteiger partial charge in [0.15, 0.2) is 5.82 Å². The predicted molar refractivity (Wildman–Crippen MR) is 179 cm³/mol. The van der Waals surface area contributed by atoms with Gasteiger partial charge in [0.05, 0.1) is 19.3 Å². The fourth-order valence-corrected chi connectivity index (χ4v) is 5.92. The molecule has 3 aromatic carbocycles. The number of hydroxylamine groups is 1. The van der Waals surface area contributed by atoms with Crippen LogP contribution >= 0.6 is 11.3 Å². The molecule has 2 N–H and O–H groups in total. The Balaban J connectivity index is 1.46. The van der Waals surface area contributed by atoms with Crippen LogP contribution in [0.1, 0.15) is 27.0 Å². The average Bonchev–Trinajstić information content (AvgIpc) is 3.65. The SMILES string of the molecule is COc1ccccc1CCNc1nc(-c2cc(C(=O)N(OC(=O)C(F)(F)F)c3nccs3)ccc2C)c2c(n1)N(c1c(F)cccc1F)C(=O)NC2. The third-order valence-electron chi connectivity index (χ3n) is 7.77. The average molecular weight is 740 g/mol. The van der Waals surface area contributed by atoms with Crippen molar-refractivity contribution in [3.63, 3.8) is 0 Å². The molecule has 12 nitrogen and oxygen atoms in total. The summed E-state index contributed by atoms with van der Waals surface area (Å²) in [6.45, 7) is 1.69. The van der Waals surface area contributed by atoms with Gasteiger partial charge in [-0.25, -0.2) is 33.2 Å². The highest BCUT2D eigenvalue weighted by Crippen LogP contribution is 2.39. The van der Waals surface area contributed by atoms with Crippen LogP contribution in [0.25, 0.3) is 11.3 Å². The zero-order chi connectivity index (χ0) is 37.2. The van der Waals surface area contributed by atoms with Crippen LogP contribution in [-0.2, 0) is 22.6 Å². The number of amides is 3. The number of fused-ring (bicyclic) bond motifs is 1. The number of ether oxygens (including phenoxy) is 1. The number of methoxy groups -OCH3 is 1. The molecular weight excluding hydrogens is 713 g/mol. The minimum absolute atomic E-state index is 0.0558. The number of nitrogens with zero attached hydrogens (tertiary/aromatic N) is 5. The van der Waals surface area contributed by atoms with Gasteiger partial charge in [-0.1, -0.05) is 30.3 Å². The molecule has 0 atom stereocenters. The first-order valence-corrected chi connectivity index (χ1v) is 16.2. The lowest BCUT2D eigenvalue weighted by molar-refractivity contribution is -0.199. The monoisotopic (exact) mass is 739 g/mol. The summed E-state index contributed by atoms with van der Waals surface area (Å²) in [5.74, 6) is -5.50. The summed E-state index contributed by atoms with van der Waals surface area (Å²) in [5.41, 5.74) is 0.979. The summed E-state index contributed by atoms with van der Waals surface area (Å²) in [4.78, 5) is 56.9. The zero-order valence-corrected chi connectivity index (χ0v) is 27.9. The normalized spacial score (nSPS) is 12.5. The van der Waals surface area contributed by atoms with Crippen molar-refractivity contribution in [2.24, 2.45) is 0 Å². The molecule has 5 aromatic rings. The Hall–Kier alpha value is -6.17. The number of rotatable bonds is 9. The minimum atomic E-state index is -5.42. The van der Waals surface area contributed by atoms with Crippen LogP contribution < -0.4 is 25.3 Å². The van der Waals surface area contributed by atoms with E-state index in [-0.39, 0.29) is 57.4 Å². The minimum Gasteiger partial charge on any atom is -0.496 e. The zero-order valence-electron chi connectivity index (χ0n) is 27.1. The number of carbonyl (C=O) groups is 3. The van der Waals surface area contributed by atoms with Crippen molar-refractivity contribution in [2.75, 3.05) is 28.9 Å². The summed E-state index contributed by atoms with van der Waals surface area (Å²) in [7, 11) is 1.53. The third kappa shape index (κ3) is 7.18. The van der Waals surface area contributed by atoms with E-state index in [1.54, 1.807) is 13.0 Å². The van der Waals surface area contributed by atoms with Crippen molar-refractivity contribution in [1.29, 1.82) is 0 Å². The molecule has 268 valence electrons. The van der Waals surface area contributed by atoms with Gasteiger partial charge >= 0.3 is 18.2 Å². The number of aryl methyl sites for hydroxylation is 1. The molecule has 0 spiro atoms. The number of carbonyl (C=O) groups excluding carboxylic acids is 3. The van der Waals surface area contributed by atoms with Gasteiger partial charge in [0.2, 0.25) is 11.1 Å². The van der Waals surface area contributed by atoms with Crippen LogP contribution in [0.15, 0.2) is 72.2 Å². The van der Waals surface area contributed by atoms with Crippen LogP contribution in [0, 0.1) is 18.6 Å². The molecule has 0 fully saturated rings. The van der Waals surface area contributed by atoms with E-state index in [0.29, 0.717) is 17.7 Å². The molecule has 2 aromatic heterocycles. The largest absolute Gasteiger partial charge is 0.496 e. The van der Waals surface area contributed by atoms with E-state index in [9.17, 15) is 27.6 Å². The van der Waals surface area contributed by atoms with E-state index in [0.717, 1.165) is 40.0 Å². The van der Waals surface area contributed by atoms with Crippen LogP contribution in [0.2, 0.25) is 0 Å². The van der Waals surface area contributed by atoms with Gasteiger partial charge < -0.3 is 20.2 Å². The number of anilines is 4. The van der Waals surface area contributed by atoms with Crippen molar-refractivity contribution in [3.8, 4) is 17.0 Å². The Morgan fingerprint density at radius 1 is 1.06 bits per heavy atom. The van der Waals surface area contributed by atoms with Crippen molar-refractivity contribution in [1.82, 2.24) is 20.3 Å². The van der Waals surface area contributed by atoms with Crippen LogP contribution in [0.3, 0.4) is 0 Å². The lowest BCUT2D eigenvalue weighted by atomic mass is 9.97. The first-order valence-electron chi connectivity index (χ1n) is 15.3. The quantitative estimate of drug-likeness (QED) is 0.122. The van der Waals surface area contributed by atoms with Gasteiger partial charge in [-0.2, -0.15) is 18.2 Å². The standard InChI is InChI=1S/C34H26F5N7O5S/c1-18-10-11-20(29(47)46(33-41-14-15-52-33)51-30(48)34(37,38)39)16-21(18)26-22-17-42-32(49)45(27-23(35)7-5-8-24(27)36)28(22)44-31(43-26)40-13-12-19-6-3-4-9-25(19)50-2/h3-11,14-16H,12-13,17H2,1-2H3,(H,42,49)(H,40,43,44). The molecule has 3 amide bonds. The number of hydrogen-bond donors (Lipinski definition) is 2. The molecule has 3 heterocycles. The highest BCUT2D eigenvalue weighted by molar-refractivity contribution is 7.13. The molecule has 6 rings (SSSR count). The lowest BCUT2D eigenvalue weighted by Gasteiger charge is -2.31. The van der Waals surface area contributed by atoms with E-state index in [1.807, 2.05) is 18.2 Å². The number of thiazole rings is 1. The third-order valence-corrected chi connectivity index (χ3v) is 8.51. The number of para-hydroxylation sites is 2. The van der Waals surface area contributed by atoms with Gasteiger partial charge in [-0.3, -0.25) is 4.79 Å². The van der Waals surface area contributed by atoms with E-state index in [4.69, 9.17) is 4.74 Å². The van der Waals surface area contributed by atoms with Crippen LogP contribution in [0.5, 0.6) is 5.75 Å². The van der Waals surface area contributed by atoms with Gasteiger partial charge in [0, 0.05) is 34.8 Å². The molecular formula is C34H26F5N7O5S. The Bertz CT molecular complexity index is 2150. The summed E-state index contributed by atoms with van der Waals surface area (Å²) in [5, 5.41) is 6.80. The van der Waals surface area contributed by atoms with E-state index >= 15 is 8.78 Å². The second-order valence-corrected chi connectivity index (χ2v) is 11.9. The molecule has 0 radical (unpaired) electrons. The van der Waals surface area contributed by atoms with Crippen molar-refractivity contribution in [2.45, 2.75) is 26.1 Å². The fourth-order valence-electron chi connectivity index (χ4n) is 5.34. The van der Waals surface area contributed by atoms with Crippen molar-refractivity contribution >= 4 is 51.8 Å². The van der Waals surface area contributed by atoms with E-state index in [1.165, 1.54) is 36.9 Å². The topological polar surface area (TPSA) is 139 Å². The molecule has 0 saturated heterocycles. The Labute approximate surface area is 295 Å². The molecule has 52 heavy (non-hydrogen) atoms. The molecule has 0 unspecified atom stereocenters. The van der Waals surface area contributed by atoms with Crippen molar-refractivity contribution in [3.05, 3.63) is 106 Å². The second kappa shape index (κ2) is 14.6. The van der Waals surface area contributed by atoms with Crippen LogP contribution in [-0.4, -0.2) is 52.7 Å². The smallest absolute Gasteiger partial charge is 0.493 e. The highest BCUT2D eigenvalue weighted by atomic mass is 32.1. The number of halogens is 5. The van der Waals surface area contributed by atoms with E-state index < -0.39 is 41.4 Å². The summed E-state index contributed by atoms with van der Waals surface area (Å²) in [6.07, 6.45) is -3.79.